The molecule has 0 fully saturated rings. The van der Waals surface area contributed by atoms with Crippen molar-refractivity contribution >= 4 is 23.9 Å². The quantitative estimate of drug-likeness (QED) is 0.0932. The number of esters is 4. The molecule has 0 aliphatic heterocycles. The van der Waals surface area contributed by atoms with Crippen LogP contribution < -0.4 is 0 Å². The normalized spacial score (nSPS) is 16.8. The highest BCUT2D eigenvalue weighted by molar-refractivity contribution is 5.84. The van der Waals surface area contributed by atoms with Gasteiger partial charge in [-0.2, -0.15) is 52.7 Å². The van der Waals surface area contributed by atoms with Crippen LogP contribution in [0.5, 0.6) is 0 Å². The molecule has 0 amide bonds. The molecule has 0 aromatic heterocycles. The Morgan fingerprint density at radius 2 is 1.09 bits per heavy atom. The van der Waals surface area contributed by atoms with Crippen LogP contribution in [0.3, 0.4) is 0 Å². The average Bonchev–Trinajstić information content (AvgIpc) is 2.90. The first-order valence-corrected chi connectivity index (χ1v) is 16.0. The monoisotopic (exact) mass is 802 g/mol. The molecule has 0 heterocycles. The minimum absolute atomic E-state index is 0.375. The standard InChI is InChI=1S/C32H46F12O9/c1-11-26(9,23(48)51-18(12-17(2)3)13-28(49,31(39,40)41)32(42,43)44)16-27(10,15-25(7,8)21(46)53-24(4,5)6)22(47)50-14-19(45)52-20(29(33,34)35)30(36,37)38/h17-18,20,49H,11-16H2,1-10H3. The number of ether oxygens (including phenoxy) is 4. The summed E-state index contributed by atoms with van der Waals surface area (Å²) in [6, 6.07) is 0. The summed E-state index contributed by atoms with van der Waals surface area (Å²) in [6.07, 6.45) is -36.3. The second-order valence-electron chi connectivity index (χ2n) is 15.5. The molecule has 9 nitrogen and oxygen atoms in total. The molecule has 1 N–H and O–H groups in total. The number of hydrogen-bond donors (Lipinski definition) is 1. The molecule has 0 saturated heterocycles. The third-order valence-corrected chi connectivity index (χ3v) is 7.96. The van der Waals surface area contributed by atoms with Crippen molar-refractivity contribution in [2.45, 2.75) is 149 Å². The van der Waals surface area contributed by atoms with Gasteiger partial charge in [-0.1, -0.05) is 20.8 Å². The van der Waals surface area contributed by atoms with Gasteiger partial charge in [0.1, 0.15) is 11.7 Å². The first kappa shape index (κ1) is 50.0. The van der Waals surface area contributed by atoms with E-state index in [1.807, 2.05) is 0 Å². The van der Waals surface area contributed by atoms with Crippen LogP contribution in [0.4, 0.5) is 52.7 Å². The molecule has 0 aliphatic rings. The Morgan fingerprint density at radius 1 is 0.642 bits per heavy atom. The van der Waals surface area contributed by atoms with Crippen molar-refractivity contribution in [2.24, 2.45) is 22.2 Å². The van der Waals surface area contributed by atoms with E-state index in [0.29, 0.717) is 0 Å². The van der Waals surface area contributed by atoms with E-state index >= 15 is 0 Å². The van der Waals surface area contributed by atoms with Crippen molar-refractivity contribution in [1.82, 2.24) is 0 Å². The number of aliphatic hydroxyl groups is 1. The molecule has 0 radical (unpaired) electrons. The maximum absolute atomic E-state index is 13.6. The number of hydrogen-bond acceptors (Lipinski definition) is 9. The number of alkyl halides is 12. The molecule has 0 aliphatic carbocycles. The fraction of sp³-hybridized carbons (Fsp3) is 0.875. The minimum atomic E-state index is -6.27. The SMILES string of the molecule is CCC(C)(CC(C)(CC(C)(C)C(=O)OC(C)(C)C)C(=O)OCC(=O)OC(C(F)(F)F)C(F)(F)F)C(=O)OC(CC(C)C)CC(O)(C(F)(F)F)C(F)(F)F. The number of rotatable bonds is 16. The van der Waals surface area contributed by atoms with Crippen LogP contribution in [0.2, 0.25) is 0 Å². The second-order valence-corrected chi connectivity index (χ2v) is 15.5. The van der Waals surface area contributed by atoms with Crippen LogP contribution in [0.15, 0.2) is 0 Å². The molecule has 0 aromatic carbocycles. The van der Waals surface area contributed by atoms with Gasteiger partial charge < -0.3 is 24.1 Å². The van der Waals surface area contributed by atoms with Gasteiger partial charge >= 0.3 is 48.6 Å². The smallest absolute Gasteiger partial charge is 0.434 e. The van der Waals surface area contributed by atoms with Gasteiger partial charge in [0.15, 0.2) is 6.61 Å². The van der Waals surface area contributed by atoms with E-state index in [4.69, 9.17) is 14.2 Å². The van der Waals surface area contributed by atoms with E-state index in [-0.39, 0.29) is 6.42 Å². The van der Waals surface area contributed by atoms with Crippen molar-refractivity contribution in [2.75, 3.05) is 6.61 Å². The lowest BCUT2D eigenvalue weighted by Gasteiger charge is -2.41. The van der Waals surface area contributed by atoms with Gasteiger partial charge in [-0.15, -0.1) is 0 Å². The van der Waals surface area contributed by atoms with Crippen LogP contribution in [0, 0.1) is 22.2 Å². The number of carbonyl (C=O) groups excluding carboxylic acids is 4. The van der Waals surface area contributed by atoms with E-state index in [0.717, 1.165) is 13.8 Å². The number of carbonyl (C=O) groups is 4. The summed E-state index contributed by atoms with van der Waals surface area (Å²) in [7, 11) is 0. The van der Waals surface area contributed by atoms with Gasteiger partial charge in [0.05, 0.1) is 16.2 Å². The minimum Gasteiger partial charge on any atom is -0.462 e. The van der Waals surface area contributed by atoms with Crippen LogP contribution in [0.1, 0.15) is 101 Å². The Bertz CT molecular complexity index is 1250. The van der Waals surface area contributed by atoms with Crippen LogP contribution in [0.25, 0.3) is 0 Å². The molecule has 0 saturated carbocycles. The summed E-state index contributed by atoms with van der Waals surface area (Å²) in [5.74, 6) is -7.03. The molecule has 3 unspecified atom stereocenters. The van der Waals surface area contributed by atoms with Crippen molar-refractivity contribution < 1.29 is 95.9 Å². The fourth-order valence-electron chi connectivity index (χ4n) is 5.37. The third-order valence-electron chi connectivity index (χ3n) is 7.96. The lowest BCUT2D eigenvalue weighted by molar-refractivity contribution is -0.374. The maximum Gasteiger partial charge on any atom is 0.434 e. The molecule has 21 heteroatoms. The van der Waals surface area contributed by atoms with Crippen molar-refractivity contribution in [1.29, 1.82) is 0 Å². The Hall–Kier alpha value is -3.00. The highest BCUT2D eigenvalue weighted by Crippen LogP contribution is 2.49. The third kappa shape index (κ3) is 14.3. The zero-order chi connectivity index (χ0) is 42.6. The van der Waals surface area contributed by atoms with E-state index in [9.17, 15) is 77.0 Å². The van der Waals surface area contributed by atoms with Gasteiger partial charge in [0.2, 0.25) is 0 Å². The summed E-state index contributed by atoms with van der Waals surface area (Å²) < 4.78 is 177. The fourth-order valence-corrected chi connectivity index (χ4v) is 5.37. The zero-order valence-electron chi connectivity index (χ0n) is 30.7. The van der Waals surface area contributed by atoms with Crippen LogP contribution in [-0.4, -0.2) is 83.7 Å². The summed E-state index contributed by atoms with van der Waals surface area (Å²) in [5, 5.41) is 9.80. The largest absolute Gasteiger partial charge is 0.462 e. The second kappa shape index (κ2) is 16.8. The lowest BCUT2D eigenvalue weighted by atomic mass is 9.65. The van der Waals surface area contributed by atoms with Crippen molar-refractivity contribution in [3.8, 4) is 0 Å². The number of halogens is 12. The van der Waals surface area contributed by atoms with Gasteiger partial charge in [-0.05, 0) is 80.1 Å². The highest BCUT2D eigenvalue weighted by Gasteiger charge is 2.71. The molecule has 0 bridgehead atoms. The molecule has 3 atom stereocenters. The molecule has 53 heavy (non-hydrogen) atoms. The van der Waals surface area contributed by atoms with Crippen molar-refractivity contribution in [3.05, 3.63) is 0 Å². The molecule has 0 aromatic rings. The first-order chi connectivity index (χ1) is 23.2. The van der Waals surface area contributed by atoms with E-state index in [1.165, 1.54) is 55.4 Å². The van der Waals surface area contributed by atoms with E-state index in [1.54, 1.807) is 0 Å². The van der Waals surface area contributed by atoms with Gasteiger partial charge in [0.25, 0.3) is 11.7 Å². The van der Waals surface area contributed by atoms with Gasteiger partial charge in [-0.3, -0.25) is 14.4 Å². The summed E-state index contributed by atoms with van der Waals surface area (Å²) >= 11 is 0. The molecule has 0 rings (SSSR count). The molecular formula is C32H46F12O9. The van der Waals surface area contributed by atoms with Gasteiger partial charge in [-0.25, -0.2) is 4.79 Å². The molecule has 312 valence electrons. The Balaban J connectivity index is 6.88. The first-order valence-electron chi connectivity index (χ1n) is 16.0. The van der Waals surface area contributed by atoms with E-state index < -0.39 is 126 Å². The maximum atomic E-state index is 13.6. The Labute approximate surface area is 298 Å². The predicted octanol–water partition coefficient (Wildman–Crippen LogP) is 8.34. The van der Waals surface area contributed by atoms with E-state index in [2.05, 4.69) is 4.74 Å². The summed E-state index contributed by atoms with van der Waals surface area (Å²) in [6.45, 7) is 11.2. The Morgan fingerprint density at radius 3 is 1.45 bits per heavy atom. The highest BCUT2D eigenvalue weighted by atomic mass is 19.4. The van der Waals surface area contributed by atoms with Crippen molar-refractivity contribution in [3.63, 3.8) is 0 Å². The topological polar surface area (TPSA) is 125 Å². The van der Waals surface area contributed by atoms with Gasteiger partial charge in [0, 0.05) is 6.42 Å². The van der Waals surface area contributed by atoms with Crippen LogP contribution in [-0.2, 0) is 38.1 Å². The lowest BCUT2D eigenvalue weighted by Crippen LogP contribution is -2.59. The summed E-state index contributed by atoms with van der Waals surface area (Å²) in [5.41, 5.74) is -12.4. The zero-order valence-corrected chi connectivity index (χ0v) is 30.7. The molecular weight excluding hydrogens is 756 g/mol. The summed E-state index contributed by atoms with van der Waals surface area (Å²) in [4.78, 5) is 52.3. The Kier molecular flexibility index (Phi) is 15.8. The predicted molar refractivity (Wildman–Crippen MR) is 159 cm³/mol. The van der Waals surface area contributed by atoms with Crippen LogP contribution >= 0.6 is 0 Å². The average molecular weight is 803 g/mol. The molecule has 0 spiro atoms.